The molecular weight excluding hydrogens is 245 g/mol. The standard InChI is InChI=1S/C7H5BrClNO2/c8-6-2-1-3-7(9)5(6)4-10(11)12/h1-3H,4H2. The SMILES string of the molecule is O=[N+]([O-])Cc1c(Cl)cccc1Br. The molecule has 0 atom stereocenters. The highest BCUT2D eigenvalue weighted by atomic mass is 79.9. The highest BCUT2D eigenvalue weighted by Gasteiger charge is 2.09. The maximum Gasteiger partial charge on any atom is 0.231 e. The molecule has 5 heteroatoms. The van der Waals surface area contributed by atoms with Crippen LogP contribution in [0.4, 0.5) is 0 Å². The van der Waals surface area contributed by atoms with Crippen molar-refractivity contribution in [1.82, 2.24) is 0 Å². The van der Waals surface area contributed by atoms with Gasteiger partial charge in [0.25, 0.3) is 0 Å². The Balaban J connectivity index is 3.04. The lowest BCUT2D eigenvalue weighted by Gasteiger charge is -2.00. The average Bonchev–Trinajstić information content (AvgIpc) is 1.97. The van der Waals surface area contributed by atoms with E-state index in [0.29, 0.717) is 15.1 Å². The normalized spacial score (nSPS) is 9.83. The summed E-state index contributed by atoms with van der Waals surface area (Å²) in [7, 11) is 0. The molecule has 0 aliphatic carbocycles. The molecule has 1 aromatic rings. The molecule has 0 radical (unpaired) electrons. The molecule has 0 heterocycles. The number of rotatable bonds is 2. The molecule has 0 saturated carbocycles. The fraction of sp³-hybridized carbons (Fsp3) is 0.143. The molecule has 0 bridgehead atoms. The largest absolute Gasteiger partial charge is 0.264 e. The van der Waals surface area contributed by atoms with Gasteiger partial charge in [0.05, 0.1) is 10.6 Å². The van der Waals surface area contributed by atoms with Gasteiger partial charge >= 0.3 is 0 Å². The molecule has 64 valence electrons. The second-order valence-corrected chi connectivity index (χ2v) is 3.45. The second kappa shape index (κ2) is 3.87. The summed E-state index contributed by atoms with van der Waals surface area (Å²) < 4.78 is 0.673. The zero-order chi connectivity index (χ0) is 9.14. The Morgan fingerprint density at radius 1 is 1.58 bits per heavy atom. The van der Waals surface area contributed by atoms with E-state index in [9.17, 15) is 10.1 Å². The Morgan fingerprint density at radius 2 is 2.25 bits per heavy atom. The Bertz CT molecular complexity index is 296. The summed E-state index contributed by atoms with van der Waals surface area (Å²) >= 11 is 8.93. The van der Waals surface area contributed by atoms with Crippen LogP contribution in [0.25, 0.3) is 0 Å². The van der Waals surface area contributed by atoms with Gasteiger partial charge in [-0.1, -0.05) is 33.6 Å². The number of nitrogens with zero attached hydrogens (tertiary/aromatic N) is 1. The van der Waals surface area contributed by atoms with Crippen LogP contribution in [0.3, 0.4) is 0 Å². The van der Waals surface area contributed by atoms with Crippen molar-refractivity contribution in [1.29, 1.82) is 0 Å². The molecule has 12 heavy (non-hydrogen) atoms. The van der Waals surface area contributed by atoms with E-state index in [4.69, 9.17) is 11.6 Å². The smallest absolute Gasteiger partial charge is 0.231 e. The summed E-state index contributed by atoms with van der Waals surface area (Å²) in [5, 5.41) is 10.6. The fourth-order valence-electron chi connectivity index (χ4n) is 0.812. The maximum absolute atomic E-state index is 10.2. The van der Waals surface area contributed by atoms with Gasteiger partial charge in [-0.2, -0.15) is 0 Å². The summed E-state index contributed by atoms with van der Waals surface area (Å²) in [4.78, 5) is 9.79. The van der Waals surface area contributed by atoms with Crippen LogP contribution in [-0.2, 0) is 6.54 Å². The molecule has 3 nitrogen and oxygen atoms in total. The summed E-state index contributed by atoms with van der Waals surface area (Å²) in [5.41, 5.74) is 0.518. The van der Waals surface area contributed by atoms with Crippen LogP contribution in [0.5, 0.6) is 0 Å². The van der Waals surface area contributed by atoms with Gasteiger partial charge in [0.2, 0.25) is 6.54 Å². The van der Waals surface area contributed by atoms with Gasteiger partial charge in [0.1, 0.15) is 0 Å². The highest BCUT2D eigenvalue weighted by Crippen LogP contribution is 2.24. The minimum Gasteiger partial charge on any atom is -0.264 e. The number of hydrogen-bond acceptors (Lipinski definition) is 2. The molecule has 0 unspecified atom stereocenters. The third-order valence-corrected chi connectivity index (χ3v) is 2.45. The van der Waals surface area contributed by atoms with Crippen LogP contribution >= 0.6 is 27.5 Å². The lowest BCUT2D eigenvalue weighted by molar-refractivity contribution is -0.496. The zero-order valence-corrected chi connectivity index (χ0v) is 8.30. The molecule has 0 amide bonds. The average molecular weight is 250 g/mol. The van der Waals surface area contributed by atoms with Crippen LogP contribution in [-0.4, -0.2) is 4.92 Å². The molecule has 0 aliphatic rings. The zero-order valence-electron chi connectivity index (χ0n) is 5.96. The van der Waals surface area contributed by atoms with Crippen molar-refractivity contribution >= 4 is 27.5 Å². The molecule has 0 aliphatic heterocycles. The van der Waals surface area contributed by atoms with E-state index in [2.05, 4.69) is 15.9 Å². The van der Waals surface area contributed by atoms with E-state index in [0.717, 1.165) is 0 Å². The molecule has 0 fully saturated rings. The number of benzene rings is 1. The summed E-state index contributed by atoms with van der Waals surface area (Å²) in [5.74, 6) is 0. The fourth-order valence-corrected chi connectivity index (χ4v) is 1.65. The van der Waals surface area contributed by atoms with E-state index >= 15 is 0 Å². The first-order valence-electron chi connectivity index (χ1n) is 3.16. The lowest BCUT2D eigenvalue weighted by Crippen LogP contribution is -1.99. The molecule has 1 rings (SSSR count). The van der Waals surface area contributed by atoms with E-state index in [1.165, 1.54) is 0 Å². The van der Waals surface area contributed by atoms with Crippen LogP contribution in [0, 0.1) is 10.1 Å². The summed E-state index contributed by atoms with van der Waals surface area (Å²) in [6.45, 7) is -0.250. The van der Waals surface area contributed by atoms with E-state index in [1.54, 1.807) is 18.2 Å². The molecular formula is C7H5BrClNO2. The van der Waals surface area contributed by atoms with Gasteiger partial charge in [-0.15, -0.1) is 0 Å². The van der Waals surface area contributed by atoms with Gasteiger partial charge in [0.15, 0.2) is 0 Å². The van der Waals surface area contributed by atoms with Crippen LogP contribution < -0.4 is 0 Å². The first-order chi connectivity index (χ1) is 5.61. The quantitative estimate of drug-likeness (QED) is 0.598. The Morgan fingerprint density at radius 3 is 2.75 bits per heavy atom. The van der Waals surface area contributed by atoms with Gasteiger partial charge in [0, 0.05) is 9.40 Å². The Labute approximate surface area is 82.6 Å². The second-order valence-electron chi connectivity index (χ2n) is 2.19. The van der Waals surface area contributed by atoms with Gasteiger partial charge in [-0.25, -0.2) is 0 Å². The van der Waals surface area contributed by atoms with Crippen LogP contribution in [0.1, 0.15) is 5.56 Å². The summed E-state index contributed by atoms with van der Waals surface area (Å²) in [6.07, 6.45) is 0. The van der Waals surface area contributed by atoms with Gasteiger partial charge in [-0.05, 0) is 12.1 Å². The molecule has 0 spiro atoms. The van der Waals surface area contributed by atoms with E-state index < -0.39 is 4.92 Å². The van der Waals surface area contributed by atoms with Gasteiger partial charge in [-0.3, -0.25) is 10.1 Å². The Kier molecular flexibility index (Phi) is 3.05. The van der Waals surface area contributed by atoms with Crippen molar-refractivity contribution in [3.05, 3.63) is 43.4 Å². The van der Waals surface area contributed by atoms with Crippen molar-refractivity contribution < 1.29 is 4.92 Å². The number of nitro groups is 1. The maximum atomic E-state index is 10.2. The van der Waals surface area contributed by atoms with Crippen molar-refractivity contribution in [2.45, 2.75) is 6.54 Å². The van der Waals surface area contributed by atoms with Crippen molar-refractivity contribution in [2.75, 3.05) is 0 Å². The third kappa shape index (κ3) is 2.19. The number of hydrogen-bond donors (Lipinski definition) is 0. The van der Waals surface area contributed by atoms with Crippen molar-refractivity contribution in [3.63, 3.8) is 0 Å². The van der Waals surface area contributed by atoms with Crippen LogP contribution in [0.15, 0.2) is 22.7 Å². The van der Waals surface area contributed by atoms with Crippen LogP contribution in [0.2, 0.25) is 5.02 Å². The topological polar surface area (TPSA) is 43.1 Å². The molecule has 0 N–H and O–H groups in total. The molecule has 0 saturated heterocycles. The predicted octanol–water partition coefficient (Wildman–Crippen LogP) is 2.88. The minimum atomic E-state index is -0.411. The predicted molar refractivity (Wildman–Crippen MR) is 49.9 cm³/mol. The lowest BCUT2D eigenvalue weighted by atomic mass is 10.2. The first-order valence-corrected chi connectivity index (χ1v) is 4.33. The molecule has 1 aromatic carbocycles. The minimum absolute atomic E-state index is 0.250. The van der Waals surface area contributed by atoms with Crippen molar-refractivity contribution in [3.8, 4) is 0 Å². The number of halogens is 2. The van der Waals surface area contributed by atoms with Gasteiger partial charge < -0.3 is 0 Å². The first kappa shape index (κ1) is 9.48. The summed E-state index contributed by atoms with van der Waals surface area (Å²) in [6, 6.07) is 5.09. The third-order valence-electron chi connectivity index (χ3n) is 1.35. The van der Waals surface area contributed by atoms with Crippen molar-refractivity contribution in [2.24, 2.45) is 0 Å². The van der Waals surface area contributed by atoms with E-state index in [-0.39, 0.29) is 6.54 Å². The monoisotopic (exact) mass is 249 g/mol. The Hall–Kier alpha value is -0.610. The van der Waals surface area contributed by atoms with E-state index in [1.807, 2.05) is 0 Å². The molecule has 0 aromatic heterocycles. The highest BCUT2D eigenvalue weighted by molar-refractivity contribution is 9.10.